The molecule has 1 atom stereocenters. The van der Waals surface area contributed by atoms with Crippen LogP contribution in [0, 0.1) is 0 Å². The van der Waals surface area contributed by atoms with Crippen LogP contribution in [0.2, 0.25) is 5.02 Å². The second-order valence-electron chi connectivity index (χ2n) is 6.24. The number of carbonyl (C=O) groups excluding carboxylic acids is 2. The highest BCUT2D eigenvalue weighted by Crippen LogP contribution is 2.22. The smallest absolute Gasteiger partial charge is 0.272 e. The first-order chi connectivity index (χ1) is 13.0. The van der Waals surface area contributed by atoms with E-state index in [4.69, 9.17) is 16.3 Å². The number of ether oxygens (including phenoxy) is 1. The van der Waals surface area contributed by atoms with Crippen LogP contribution >= 0.6 is 11.6 Å². The minimum Gasteiger partial charge on any atom is -0.373 e. The van der Waals surface area contributed by atoms with Gasteiger partial charge >= 0.3 is 0 Å². The van der Waals surface area contributed by atoms with E-state index in [0.717, 1.165) is 5.56 Å². The summed E-state index contributed by atoms with van der Waals surface area (Å²) in [7, 11) is 1.74. The van der Waals surface area contributed by atoms with Crippen LogP contribution in [-0.2, 0) is 16.6 Å². The van der Waals surface area contributed by atoms with Gasteiger partial charge in [-0.15, -0.1) is 0 Å². The van der Waals surface area contributed by atoms with Gasteiger partial charge in [0.05, 0.1) is 18.4 Å². The van der Waals surface area contributed by atoms with Crippen LogP contribution < -0.4 is 5.32 Å². The SMILES string of the molecule is C=CC(=O)NC[C@H]1CN(C(=O)c2cc(-c3ccc(Cl)cc3)nn2C)CCO1. The molecule has 1 aliphatic rings. The molecule has 0 bridgehead atoms. The van der Waals surface area contributed by atoms with Crippen molar-refractivity contribution in [3.05, 3.63) is 53.7 Å². The molecular weight excluding hydrogens is 368 g/mol. The van der Waals surface area contributed by atoms with E-state index in [1.165, 1.54) is 6.08 Å². The predicted octanol–water partition coefficient (Wildman–Crippen LogP) is 1.88. The van der Waals surface area contributed by atoms with Crippen molar-refractivity contribution in [3.8, 4) is 11.3 Å². The molecule has 2 amide bonds. The van der Waals surface area contributed by atoms with E-state index in [1.807, 2.05) is 12.1 Å². The number of nitrogens with zero attached hydrogens (tertiary/aromatic N) is 3. The number of aromatic nitrogens is 2. The molecule has 0 unspecified atom stereocenters. The van der Waals surface area contributed by atoms with Crippen LogP contribution in [0.4, 0.5) is 0 Å². The van der Waals surface area contributed by atoms with E-state index in [-0.39, 0.29) is 17.9 Å². The highest BCUT2D eigenvalue weighted by atomic mass is 35.5. The number of hydrogen-bond donors (Lipinski definition) is 1. The molecule has 1 aromatic carbocycles. The standard InChI is InChI=1S/C19H21ClN4O3/c1-3-18(25)21-11-15-12-24(8-9-27-15)19(26)17-10-16(22-23(17)2)13-4-6-14(20)7-5-13/h3-7,10,15H,1,8-9,11-12H2,2H3,(H,21,25)/t15-/m0/s1. The van der Waals surface area contributed by atoms with Gasteiger partial charge in [0, 0.05) is 37.3 Å². The Balaban J connectivity index is 1.70. The maximum Gasteiger partial charge on any atom is 0.272 e. The van der Waals surface area contributed by atoms with Gasteiger partial charge in [-0.1, -0.05) is 30.3 Å². The zero-order valence-corrected chi connectivity index (χ0v) is 15.8. The second-order valence-corrected chi connectivity index (χ2v) is 6.67. The molecular formula is C19H21ClN4O3. The lowest BCUT2D eigenvalue weighted by molar-refractivity contribution is -0.117. The number of hydrogen-bond acceptors (Lipinski definition) is 4. The summed E-state index contributed by atoms with van der Waals surface area (Å²) >= 11 is 5.93. The van der Waals surface area contributed by atoms with Crippen molar-refractivity contribution in [2.24, 2.45) is 7.05 Å². The quantitative estimate of drug-likeness (QED) is 0.793. The molecule has 2 aromatic rings. The number of nitrogens with one attached hydrogen (secondary N) is 1. The molecule has 2 heterocycles. The number of carbonyl (C=O) groups is 2. The number of benzene rings is 1. The molecule has 142 valence electrons. The first-order valence-electron chi connectivity index (χ1n) is 8.59. The lowest BCUT2D eigenvalue weighted by Crippen LogP contribution is -2.49. The fourth-order valence-electron chi connectivity index (χ4n) is 2.91. The molecule has 7 nitrogen and oxygen atoms in total. The molecule has 1 N–H and O–H groups in total. The Bertz CT molecular complexity index is 847. The number of aryl methyl sites for hydroxylation is 1. The summed E-state index contributed by atoms with van der Waals surface area (Å²) in [5.41, 5.74) is 2.09. The Labute approximate surface area is 162 Å². The van der Waals surface area contributed by atoms with Crippen molar-refractivity contribution in [1.82, 2.24) is 20.0 Å². The summed E-state index contributed by atoms with van der Waals surface area (Å²) in [6, 6.07) is 9.09. The van der Waals surface area contributed by atoms with Gasteiger partial charge in [0.15, 0.2) is 0 Å². The number of morpholine rings is 1. The first kappa shape index (κ1) is 19.1. The van der Waals surface area contributed by atoms with Gasteiger partial charge in [0.25, 0.3) is 5.91 Å². The highest BCUT2D eigenvalue weighted by Gasteiger charge is 2.27. The summed E-state index contributed by atoms with van der Waals surface area (Å²) in [6.45, 7) is 5.06. The largest absolute Gasteiger partial charge is 0.373 e. The minimum atomic E-state index is -0.263. The van der Waals surface area contributed by atoms with Crippen molar-refractivity contribution in [2.45, 2.75) is 6.10 Å². The third kappa shape index (κ3) is 4.56. The summed E-state index contributed by atoms with van der Waals surface area (Å²) < 4.78 is 7.21. The Morgan fingerprint density at radius 1 is 1.41 bits per heavy atom. The molecule has 0 spiro atoms. The van der Waals surface area contributed by atoms with Crippen molar-refractivity contribution in [1.29, 1.82) is 0 Å². The second kappa shape index (κ2) is 8.37. The van der Waals surface area contributed by atoms with E-state index in [1.54, 1.807) is 34.8 Å². The van der Waals surface area contributed by atoms with Gasteiger partial charge in [-0.25, -0.2) is 0 Å². The molecule has 1 saturated heterocycles. The molecule has 0 aliphatic carbocycles. The van der Waals surface area contributed by atoms with Gasteiger partial charge in [0.2, 0.25) is 5.91 Å². The van der Waals surface area contributed by atoms with Gasteiger partial charge in [0.1, 0.15) is 5.69 Å². The third-order valence-corrected chi connectivity index (χ3v) is 4.61. The Kier molecular flexibility index (Phi) is 5.93. The maximum absolute atomic E-state index is 12.9. The Morgan fingerprint density at radius 2 is 2.15 bits per heavy atom. The molecule has 1 fully saturated rings. The molecule has 3 rings (SSSR count). The van der Waals surface area contributed by atoms with E-state index in [9.17, 15) is 9.59 Å². The summed E-state index contributed by atoms with van der Waals surface area (Å²) in [4.78, 5) is 26.0. The maximum atomic E-state index is 12.9. The van der Waals surface area contributed by atoms with Crippen LogP contribution in [0.3, 0.4) is 0 Å². The molecule has 1 aromatic heterocycles. The lowest BCUT2D eigenvalue weighted by Gasteiger charge is -2.32. The average Bonchev–Trinajstić information content (AvgIpc) is 3.07. The van der Waals surface area contributed by atoms with Crippen LogP contribution in [0.5, 0.6) is 0 Å². The van der Waals surface area contributed by atoms with Crippen molar-refractivity contribution < 1.29 is 14.3 Å². The van der Waals surface area contributed by atoms with Crippen molar-refractivity contribution in [2.75, 3.05) is 26.2 Å². The zero-order chi connectivity index (χ0) is 19.4. The van der Waals surface area contributed by atoms with Crippen LogP contribution in [0.25, 0.3) is 11.3 Å². The molecule has 27 heavy (non-hydrogen) atoms. The molecule has 8 heteroatoms. The number of amides is 2. The normalized spacial score (nSPS) is 16.8. The van der Waals surface area contributed by atoms with E-state index in [2.05, 4.69) is 17.0 Å². The fourth-order valence-corrected chi connectivity index (χ4v) is 3.03. The van der Waals surface area contributed by atoms with Crippen LogP contribution in [0.15, 0.2) is 43.0 Å². The van der Waals surface area contributed by atoms with Gasteiger partial charge in [-0.05, 0) is 24.3 Å². The van der Waals surface area contributed by atoms with E-state index < -0.39 is 0 Å². The Hall–Kier alpha value is -2.64. The predicted molar refractivity (Wildman–Crippen MR) is 103 cm³/mol. The van der Waals surface area contributed by atoms with E-state index in [0.29, 0.717) is 42.7 Å². The summed E-state index contributed by atoms with van der Waals surface area (Å²) in [5.74, 6) is -0.380. The van der Waals surface area contributed by atoms with Crippen molar-refractivity contribution >= 4 is 23.4 Å². The van der Waals surface area contributed by atoms with Crippen LogP contribution in [0.1, 0.15) is 10.5 Å². The third-order valence-electron chi connectivity index (χ3n) is 4.35. The van der Waals surface area contributed by atoms with Gasteiger partial charge in [-0.3, -0.25) is 14.3 Å². The number of rotatable bonds is 5. The first-order valence-corrected chi connectivity index (χ1v) is 8.97. The van der Waals surface area contributed by atoms with Crippen molar-refractivity contribution in [3.63, 3.8) is 0 Å². The van der Waals surface area contributed by atoms with Crippen LogP contribution in [-0.4, -0.2) is 58.8 Å². The minimum absolute atomic E-state index is 0.117. The van der Waals surface area contributed by atoms with E-state index >= 15 is 0 Å². The highest BCUT2D eigenvalue weighted by molar-refractivity contribution is 6.30. The molecule has 1 aliphatic heterocycles. The summed E-state index contributed by atoms with van der Waals surface area (Å²) in [6.07, 6.45) is 0.954. The zero-order valence-electron chi connectivity index (χ0n) is 15.0. The Morgan fingerprint density at radius 3 is 2.85 bits per heavy atom. The van der Waals surface area contributed by atoms with Gasteiger partial charge in [-0.2, -0.15) is 5.10 Å². The van der Waals surface area contributed by atoms with Gasteiger partial charge < -0.3 is 15.0 Å². The lowest BCUT2D eigenvalue weighted by atomic mass is 10.1. The monoisotopic (exact) mass is 388 g/mol. The molecule has 0 radical (unpaired) electrons. The molecule has 0 saturated carbocycles. The summed E-state index contributed by atoms with van der Waals surface area (Å²) in [5, 5.41) is 7.78. The average molecular weight is 389 g/mol. The fraction of sp³-hybridized carbons (Fsp3) is 0.316. The number of halogens is 1. The topological polar surface area (TPSA) is 76.5 Å².